The molecule has 1 fully saturated rings. The van der Waals surface area contributed by atoms with E-state index in [1.54, 1.807) is 6.92 Å². The van der Waals surface area contributed by atoms with E-state index in [-0.39, 0.29) is 11.4 Å². The number of carbonyl (C=O) groups excluding carboxylic acids is 1. The summed E-state index contributed by atoms with van der Waals surface area (Å²) in [6.45, 7) is 12.5. The van der Waals surface area contributed by atoms with Crippen LogP contribution in [0.1, 0.15) is 40.5 Å². The Bertz CT molecular complexity index is 210. The summed E-state index contributed by atoms with van der Waals surface area (Å²) < 4.78 is 0. The first kappa shape index (κ1) is 12.5. The lowest BCUT2D eigenvalue weighted by Crippen LogP contribution is -2.46. The predicted molar refractivity (Wildman–Crippen MR) is 62.8 cm³/mol. The molecule has 0 aliphatic carbocycles. The molecule has 88 valence electrons. The quantitative estimate of drug-likeness (QED) is 0.610. The molecule has 0 spiro atoms. The molecular weight excluding hydrogens is 188 g/mol. The van der Waals surface area contributed by atoms with Crippen molar-refractivity contribution in [1.82, 2.24) is 9.80 Å². The summed E-state index contributed by atoms with van der Waals surface area (Å²) in [6.07, 6.45) is 2.19. The van der Waals surface area contributed by atoms with Gasteiger partial charge < -0.3 is 4.90 Å². The van der Waals surface area contributed by atoms with Gasteiger partial charge in [0.2, 0.25) is 5.91 Å². The van der Waals surface area contributed by atoms with Crippen LogP contribution in [0, 0.1) is 0 Å². The lowest BCUT2D eigenvalue weighted by molar-refractivity contribution is -0.129. The molecule has 1 rings (SSSR count). The zero-order valence-electron chi connectivity index (χ0n) is 10.5. The van der Waals surface area contributed by atoms with Crippen molar-refractivity contribution in [2.24, 2.45) is 0 Å². The first-order chi connectivity index (χ1) is 6.91. The zero-order chi connectivity index (χ0) is 11.5. The largest absolute Gasteiger partial charge is 0.343 e. The maximum atomic E-state index is 11.3. The average Bonchev–Trinajstić information content (AvgIpc) is 1.99. The minimum Gasteiger partial charge on any atom is -0.343 e. The van der Waals surface area contributed by atoms with E-state index in [0.717, 1.165) is 39.0 Å². The molecule has 15 heavy (non-hydrogen) atoms. The van der Waals surface area contributed by atoms with Gasteiger partial charge in [-0.2, -0.15) is 0 Å². The molecule has 1 saturated heterocycles. The molecule has 0 unspecified atom stereocenters. The van der Waals surface area contributed by atoms with Crippen molar-refractivity contribution in [3.8, 4) is 0 Å². The highest BCUT2D eigenvalue weighted by molar-refractivity contribution is 5.73. The summed E-state index contributed by atoms with van der Waals surface area (Å²) in [4.78, 5) is 15.7. The van der Waals surface area contributed by atoms with Crippen LogP contribution in [-0.4, -0.2) is 47.4 Å². The highest BCUT2D eigenvalue weighted by Gasteiger charge is 2.22. The third kappa shape index (κ3) is 3.82. The summed E-state index contributed by atoms with van der Waals surface area (Å²) in [6, 6.07) is 0. The van der Waals surface area contributed by atoms with Crippen molar-refractivity contribution in [2.45, 2.75) is 46.1 Å². The first-order valence-corrected chi connectivity index (χ1v) is 5.92. The fourth-order valence-electron chi connectivity index (χ4n) is 2.11. The monoisotopic (exact) mass is 212 g/mol. The van der Waals surface area contributed by atoms with Gasteiger partial charge in [-0.05, 0) is 33.6 Å². The molecule has 1 aliphatic rings. The van der Waals surface area contributed by atoms with Crippen molar-refractivity contribution in [2.75, 3.05) is 26.2 Å². The van der Waals surface area contributed by atoms with E-state index in [4.69, 9.17) is 0 Å². The Kier molecular flexibility index (Phi) is 4.14. The smallest absolute Gasteiger partial charge is 0.219 e. The number of hydrogen-bond donors (Lipinski definition) is 0. The number of amides is 1. The number of rotatable bonds is 0. The van der Waals surface area contributed by atoms with Crippen molar-refractivity contribution >= 4 is 5.91 Å². The topological polar surface area (TPSA) is 23.6 Å². The van der Waals surface area contributed by atoms with E-state index in [9.17, 15) is 4.79 Å². The summed E-state index contributed by atoms with van der Waals surface area (Å²) in [5, 5.41) is 0. The lowest BCUT2D eigenvalue weighted by Gasteiger charge is -2.38. The van der Waals surface area contributed by atoms with E-state index in [0.29, 0.717) is 0 Å². The molecule has 1 amide bonds. The molecule has 1 heterocycles. The molecule has 0 atom stereocenters. The van der Waals surface area contributed by atoms with Crippen LogP contribution in [0.25, 0.3) is 0 Å². The van der Waals surface area contributed by atoms with E-state index in [2.05, 4.69) is 25.7 Å². The van der Waals surface area contributed by atoms with Gasteiger partial charge in [0.05, 0.1) is 0 Å². The third-order valence-electron chi connectivity index (χ3n) is 3.11. The van der Waals surface area contributed by atoms with Gasteiger partial charge in [0.25, 0.3) is 0 Å². The number of nitrogens with zero attached hydrogens (tertiary/aromatic N) is 2. The van der Waals surface area contributed by atoms with Crippen LogP contribution in [0.15, 0.2) is 0 Å². The minimum absolute atomic E-state index is 0.221. The fraction of sp³-hybridized carbons (Fsp3) is 0.917. The molecule has 3 heteroatoms. The summed E-state index contributed by atoms with van der Waals surface area (Å²) in [5.74, 6) is 0.221. The van der Waals surface area contributed by atoms with E-state index >= 15 is 0 Å². The predicted octanol–water partition coefficient (Wildman–Crippen LogP) is 1.73. The third-order valence-corrected chi connectivity index (χ3v) is 3.11. The van der Waals surface area contributed by atoms with Gasteiger partial charge in [0, 0.05) is 38.6 Å². The lowest BCUT2D eigenvalue weighted by atomic mass is 10.0. The van der Waals surface area contributed by atoms with Gasteiger partial charge >= 0.3 is 0 Å². The molecular formula is C12H24N2O. The molecule has 0 aromatic heterocycles. The molecule has 0 aromatic carbocycles. The first-order valence-electron chi connectivity index (χ1n) is 5.92. The molecule has 3 nitrogen and oxygen atoms in total. The van der Waals surface area contributed by atoms with E-state index < -0.39 is 0 Å². The second-order valence-corrected chi connectivity index (χ2v) is 5.37. The summed E-state index contributed by atoms with van der Waals surface area (Å²) >= 11 is 0. The van der Waals surface area contributed by atoms with Gasteiger partial charge in [-0.1, -0.05) is 0 Å². The highest BCUT2D eigenvalue weighted by Crippen LogP contribution is 2.16. The van der Waals surface area contributed by atoms with Gasteiger partial charge in [-0.3, -0.25) is 9.69 Å². The van der Waals surface area contributed by atoms with E-state index in [1.807, 2.05) is 4.90 Å². The Morgan fingerprint density at radius 3 is 1.80 bits per heavy atom. The van der Waals surface area contributed by atoms with Crippen LogP contribution in [0.4, 0.5) is 0 Å². The Morgan fingerprint density at radius 1 is 1.00 bits per heavy atom. The Labute approximate surface area is 93.4 Å². The molecule has 0 radical (unpaired) electrons. The van der Waals surface area contributed by atoms with Crippen LogP contribution in [0.5, 0.6) is 0 Å². The van der Waals surface area contributed by atoms with Crippen LogP contribution >= 0.6 is 0 Å². The minimum atomic E-state index is 0.221. The highest BCUT2D eigenvalue weighted by atomic mass is 16.2. The number of hydrogen-bond acceptors (Lipinski definition) is 2. The summed E-state index contributed by atoms with van der Waals surface area (Å²) in [5.41, 5.74) is 0.262. The maximum Gasteiger partial charge on any atom is 0.219 e. The standard InChI is InChI=1S/C12H24N2O/c1-11(15)13-7-5-9-14(10-6-8-13)12(2,3)4/h5-10H2,1-4H3. The van der Waals surface area contributed by atoms with Crippen molar-refractivity contribution in [3.63, 3.8) is 0 Å². The van der Waals surface area contributed by atoms with E-state index in [1.165, 1.54) is 0 Å². The summed E-state index contributed by atoms with van der Waals surface area (Å²) in [7, 11) is 0. The molecule has 0 aromatic rings. The maximum absolute atomic E-state index is 11.3. The molecule has 1 aliphatic heterocycles. The van der Waals surface area contributed by atoms with Gasteiger partial charge in [0.15, 0.2) is 0 Å². The van der Waals surface area contributed by atoms with Gasteiger partial charge in [-0.15, -0.1) is 0 Å². The van der Waals surface area contributed by atoms with Crippen LogP contribution < -0.4 is 0 Å². The fourth-order valence-corrected chi connectivity index (χ4v) is 2.11. The average molecular weight is 212 g/mol. The van der Waals surface area contributed by atoms with Crippen LogP contribution in [-0.2, 0) is 4.79 Å². The van der Waals surface area contributed by atoms with Gasteiger partial charge in [-0.25, -0.2) is 0 Å². The SMILES string of the molecule is CC(=O)N1CCCN(C(C)(C)C)CCC1. The molecule has 0 N–H and O–H groups in total. The van der Waals surface area contributed by atoms with Crippen LogP contribution in [0.3, 0.4) is 0 Å². The Balaban J connectivity index is 2.47. The molecule has 0 saturated carbocycles. The Hall–Kier alpha value is -0.570. The normalized spacial score (nSPS) is 20.9. The number of carbonyl (C=O) groups is 1. The van der Waals surface area contributed by atoms with Crippen molar-refractivity contribution in [3.05, 3.63) is 0 Å². The van der Waals surface area contributed by atoms with Gasteiger partial charge in [0.1, 0.15) is 0 Å². The van der Waals surface area contributed by atoms with Crippen LogP contribution in [0.2, 0.25) is 0 Å². The van der Waals surface area contributed by atoms with Crippen molar-refractivity contribution < 1.29 is 4.79 Å². The van der Waals surface area contributed by atoms with Crippen molar-refractivity contribution in [1.29, 1.82) is 0 Å². The second-order valence-electron chi connectivity index (χ2n) is 5.37. The zero-order valence-corrected chi connectivity index (χ0v) is 10.5. The second kappa shape index (κ2) is 4.97. The Morgan fingerprint density at radius 2 is 1.47 bits per heavy atom. The molecule has 0 bridgehead atoms.